The zero-order valence-electron chi connectivity index (χ0n) is 60.4. The van der Waals surface area contributed by atoms with Crippen molar-refractivity contribution in [1.82, 2.24) is 36.5 Å². The van der Waals surface area contributed by atoms with Crippen molar-refractivity contribution in [1.29, 1.82) is 0 Å². The van der Waals surface area contributed by atoms with E-state index in [0.29, 0.717) is 37.2 Å². The number of phenolic OH excluding ortho intramolecular Hbond substituents is 1. The number of piperidine rings is 1. The summed E-state index contributed by atoms with van der Waals surface area (Å²) in [5.41, 5.74) is 4.69. The van der Waals surface area contributed by atoms with Crippen molar-refractivity contribution < 1.29 is 82.5 Å². The summed E-state index contributed by atoms with van der Waals surface area (Å²) >= 11 is 0.949. The summed E-state index contributed by atoms with van der Waals surface area (Å²) in [5, 5.41) is 63.9. The highest BCUT2D eigenvalue weighted by molar-refractivity contribution is 7.25. The number of aromatic hydroxyl groups is 1. The van der Waals surface area contributed by atoms with E-state index in [1.807, 2.05) is 4.90 Å². The lowest BCUT2D eigenvalue weighted by molar-refractivity contribution is -0.160. The van der Waals surface area contributed by atoms with E-state index in [9.17, 15) is 68.4 Å². The third-order valence-electron chi connectivity index (χ3n) is 19.9. The Bertz CT molecular complexity index is 4520. The summed E-state index contributed by atoms with van der Waals surface area (Å²) in [5.74, 6) is -11.8. The number of benzene rings is 4. The number of methoxy groups -OCH3 is 1. The van der Waals surface area contributed by atoms with Crippen molar-refractivity contribution in [3.8, 4) is 11.5 Å². The lowest BCUT2D eigenvalue weighted by Gasteiger charge is -2.38. The average molecular weight is 1470 g/mol. The van der Waals surface area contributed by atoms with E-state index in [-0.39, 0.29) is 97.8 Å². The highest BCUT2D eigenvalue weighted by Crippen LogP contribution is 2.44. The van der Waals surface area contributed by atoms with Gasteiger partial charge >= 0.3 is 17.8 Å². The average Bonchev–Trinajstić information content (AvgIpc) is 1.69. The van der Waals surface area contributed by atoms with Crippen LogP contribution in [0.2, 0.25) is 0 Å². The number of carbonyl (C=O) groups is 9. The molecule has 12 N–H and O–H groups in total. The van der Waals surface area contributed by atoms with E-state index >= 15 is 4.79 Å². The highest BCUT2D eigenvalue weighted by atomic mass is 32.1. The number of imide groups is 1. The van der Waals surface area contributed by atoms with Crippen molar-refractivity contribution in [2.24, 2.45) is 35.3 Å². The van der Waals surface area contributed by atoms with Crippen LogP contribution >= 0.6 is 11.3 Å². The molecule has 4 bridgehead atoms. The maximum Gasteiger partial charge on any atom is 0.312 e. The quantitative estimate of drug-likeness (QED) is 0.0171. The molecule has 0 unspecified atom stereocenters. The van der Waals surface area contributed by atoms with Gasteiger partial charge in [-0.2, -0.15) is 0 Å². The van der Waals surface area contributed by atoms with Gasteiger partial charge in [0.25, 0.3) is 17.7 Å². The maximum atomic E-state index is 15.3. The largest absolute Gasteiger partial charge is 0.507 e. The first-order valence-corrected chi connectivity index (χ1v) is 35.7. The number of esters is 1. The fraction of sp³-hybridized carbons (Fsp3) is 0.467. The molecule has 1 aromatic heterocycles. The topological polar surface area (TPSA) is 423 Å². The van der Waals surface area contributed by atoms with E-state index in [0.717, 1.165) is 28.4 Å². The van der Waals surface area contributed by atoms with Crippen LogP contribution in [0.4, 0.5) is 16.2 Å². The summed E-state index contributed by atoms with van der Waals surface area (Å²) in [7, 11) is 1.42. The molecule has 9 amide bonds. The van der Waals surface area contributed by atoms with Crippen LogP contribution in [0.5, 0.6) is 11.5 Å². The molecule has 5 heterocycles. The summed E-state index contributed by atoms with van der Waals surface area (Å²) in [4.78, 5) is 157. The maximum absolute atomic E-state index is 15.3. The summed E-state index contributed by atoms with van der Waals surface area (Å²) in [6, 6.07) is 7.07. The Morgan fingerprint density at radius 2 is 1.52 bits per heavy atom. The molecule has 9 rings (SSSR count). The van der Waals surface area contributed by atoms with Crippen molar-refractivity contribution in [2.75, 3.05) is 43.5 Å². The molecule has 4 aliphatic heterocycles. The third kappa shape index (κ3) is 17.7. The summed E-state index contributed by atoms with van der Waals surface area (Å²) in [6.07, 6.45) is 5.90. The number of urea groups is 1. The molecule has 4 aromatic carbocycles. The Balaban J connectivity index is 1.02. The number of nitrogens with one attached hydrogen (secondary N) is 6. The first kappa shape index (κ1) is 78.8. The van der Waals surface area contributed by atoms with Gasteiger partial charge in [-0.3, -0.25) is 52.8 Å². The number of nitrogens with two attached hydrogens (primary N) is 1. The fourth-order valence-corrected chi connectivity index (χ4v) is 14.8. The van der Waals surface area contributed by atoms with Crippen LogP contribution in [0.1, 0.15) is 106 Å². The number of allylic oxidation sites excluding steroid dienone is 2. The lowest BCUT2D eigenvalue weighted by Crippen LogP contribution is -2.59. The third-order valence-corrected chi connectivity index (χ3v) is 21.0. The van der Waals surface area contributed by atoms with Gasteiger partial charge in [-0.25, -0.2) is 9.78 Å². The monoisotopic (exact) mass is 1470 g/mol. The number of hydrogen-bond donors (Lipinski definition) is 11. The minimum Gasteiger partial charge on any atom is -0.507 e. The molecule has 562 valence electrons. The van der Waals surface area contributed by atoms with E-state index in [2.05, 4.69) is 31.9 Å². The minimum absolute atomic E-state index is 0.0101. The number of phenols is 1. The number of amides is 9. The van der Waals surface area contributed by atoms with E-state index in [4.69, 9.17) is 29.7 Å². The van der Waals surface area contributed by atoms with Gasteiger partial charge in [-0.1, -0.05) is 90.1 Å². The van der Waals surface area contributed by atoms with E-state index in [1.165, 1.54) is 59.3 Å². The zero-order valence-corrected chi connectivity index (χ0v) is 61.2. The number of rotatable bonds is 20. The van der Waals surface area contributed by atoms with Crippen LogP contribution in [-0.4, -0.2) is 171 Å². The summed E-state index contributed by atoms with van der Waals surface area (Å²) in [6.45, 7) is 16.2. The van der Waals surface area contributed by atoms with Gasteiger partial charge in [0, 0.05) is 130 Å². The van der Waals surface area contributed by atoms with Crippen LogP contribution in [0, 0.1) is 36.5 Å². The number of hydrogen-bond acceptors (Lipinski definition) is 22. The van der Waals surface area contributed by atoms with Gasteiger partial charge in [-0.05, 0) is 63.2 Å². The predicted molar refractivity (Wildman–Crippen MR) is 392 cm³/mol. The molecular formula is C75H92N10O19S. The molecule has 0 aliphatic carbocycles. The predicted octanol–water partition coefficient (Wildman–Crippen LogP) is 4.23. The van der Waals surface area contributed by atoms with Crippen molar-refractivity contribution in [3.63, 3.8) is 0 Å². The molecule has 0 radical (unpaired) electrons. The van der Waals surface area contributed by atoms with Crippen LogP contribution < -0.4 is 63.3 Å². The van der Waals surface area contributed by atoms with Gasteiger partial charge in [0.15, 0.2) is 5.76 Å². The fourth-order valence-electron chi connectivity index (χ4n) is 13.7. The van der Waals surface area contributed by atoms with E-state index < -0.39 is 160 Å². The lowest BCUT2D eigenvalue weighted by atomic mass is 9.78. The second-order valence-corrected chi connectivity index (χ2v) is 28.8. The standard InChI is InChI=1S/C75H92N10O19S/c1-36(2)58(81-52(88)26-31-85-53(89)22-23-54(85)90)73(99)79-47(21-16-28-77-74(76)100)71(97)80-48(33-44-19-13-12-14-20-44)72(98)78-45-24-29-84(30-25-45)46-34-49(87)59-51(35-46)105-68-60(82-59)55-56-64(93)42(8)67-57(55)69(95)75(10,104-67)102-32-27-50(101-11)39(5)66(103-43(9)86)41(7)63(92)40(6)62(91)37(3)17-15-18-38(4)70(96)83-61(68)65(56)94/h12-15,17-20,22-23,27,32,34-37,39-41,45,47-48,50,58,62-63,66,91-93,95H,16,21,24-26,28-31,33H2,1-11H3,(H,78,98)(H,79,99)(H,80,97)(H,81,88)(H,83,96)(H3,76,77,100)/b17-15+,32-27+,38-18-/t37-,39+,40+,41+,47-,48-,50-,58-,62-,63+,66+,75-/m0/s1. The highest BCUT2D eigenvalue weighted by Gasteiger charge is 2.45. The Morgan fingerprint density at radius 3 is 2.17 bits per heavy atom. The normalized spacial score (nSPS) is 24.5. The second-order valence-electron chi connectivity index (χ2n) is 27.8. The number of nitrogens with zero attached hydrogens (tertiary/aromatic N) is 3. The number of aliphatic hydroxyl groups excluding tert-OH is 3. The Hall–Kier alpha value is -10.3. The van der Waals surface area contributed by atoms with Gasteiger partial charge in [-0.15, -0.1) is 11.3 Å². The van der Waals surface area contributed by atoms with Crippen molar-refractivity contribution in [2.45, 2.75) is 162 Å². The molecule has 5 aromatic rings. The number of ether oxygens (including phenoxy) is 4. The first-order chi connectivity index (χ1) is 49.7. The molecule has 29 nitrogen and oxygen atoms in total. The number of anilines is 2. The second kappa shape index (κ2) is 33.6. The Kier molecular flexibility index (Phi) is 25.3. The molecule has 4 aliphatic rings. The van der Waals surface area contributed by atoms with Crippen LogP contribution in [0.3, 0.4) is 0 Å². The smallest absolute Gasteiger partial charge is 0.312 e. The molecule has 0 saturated carbocycles. The van der Waals surface area contributed by atoms with Crippen LogP contribution in [0.25, 0.3) is 37.0 Å². The molecule has 30 heteroatoms. The molecule has 0 spiro atoms. The number of aromatic nitrogens is 1. The molecule has 1 fully saturated rings. The minimum atomic E-state index is -2.06. The van der Waals surface area contributed by atoms with Gasteiger partial charge in [0.1, 0.15) is 46.9 Å². The molecule has 12 atom stereocenters. The number of carbonyl (C=O) groups excluding carboxylic acids is 9. The number of aliphatic hydroxyl groups is 3. The zero-order chi connectivity index (χ0) is 76.6. The number of primary amides is 1. The summed E-state index contributed by atoms with van der Waals surface area (Å²) < 4.78 is 24.6. The SMILES string of the molecule is CO[C@H]1/C=C/O[C@@]2(C)Oc3c(C)c(O)c4c(=O)c(c5sc6cc(N7CCC(NC(=O)[C@H](Cc8ccccc8)NC(=O)[C@H](CCCNC(N)=O)NC(=O)[C@@H](NC(=O)CCN8C(=O)C=CC8=O)C(C)C)CC7)cc(=O)c6nc5c4c3=C2O)NC(=O)/C(C)=C\C=C\[C@H](C)[C@H](O)[C@@H](C)[C@@H](O)[C@@H](C)[C@H](OC(C)=O)[C@@H]1C. The molecule has 105 heavy (non-hydrogen) atoms. The van der Waals surface area contributed by atoms with Gasteiger partial charge in [0.05, 0.1) is 50.1 Å². The Morgan fingerprint density at radius 1 is 0.848 bits per heavy atom. The molecule has 1 saturated heterocycles. The van der Waals surface area contributed by atoms with Gasteiger partial charge < -0.3 is 81.9 Å². The van der Waals surface area contributed by atoms with E-state index in [1.54, 1.807) is 90.1 Å². The first-order valence-electron chi connectivity index (χ1n) is 34.9. The number of fused-ring (bicyclic) bond motifs is 2. The Labute approximate surface area is 609 Å². The van der Waals surface area contributed by atoms with Crippen LogP contribution in [-0.2, 0) is 59.0 Å². The van der Waals surface area contributed by atoms with Crippen molar-refractivity contribution >= 4 is 113 Å². The molecular weight excluding hydrogens is 1380 g/mol. The van der Waals surface area contributed by atoms with Crippen LogP contribution in [0.15, 0.2) is 100 Å². The van der Waals surface area contributed by atoms with Gasteiger partial charge in [0.2, 0.25) is 34.5 Å². The van der Waals surface area contributed by atoms with Crippen molar-refractivity contribution in [3.05, 3.63) is 128 Å².